The highest BCUT2D eigenvalue weighted by molar-refractivity contribution is 8.00. The fraction of sp³-hybridized carbons (Fsp3) is 0.316. The monoisotopic (exact) mass is 420 g/mol. The topological polar surface area (TPSA) is 84.9 Å². The SMILES string of the molecule is C#CCOC(=O)C1=C(C)CS[C@@H]2[C@H](NC(=O)COc3ccc(Cl)cc3)C(=O)N12. The number of hydrogen-bond acceptors (Lipinski definition) is 6. The van der Waals surface area contributed by atoms with E-state index in [2.05, 4.69) is 11.2 Å². The van der Waals surface area contributed by atoms with Gasteiger partial charge in [-0.05, 0) is 36.8 Å². The van der Waals surface area contributed by atoms with Gasteiger partial charge in [0.15, 0.2) is 13.2 Å². The Morgan fingerprint density at radius 1 is 1.39 bits per heavy atom. The second kappa shape index (κ2) is 8.59. The highest BCUT2D eigenvalue weighted by atomic mass is 35.5. The van der Waals surface area contributed by atoms with Crippen molar-refractivity contribution < 1.29 is 23.9 Å². The summed E-state index contributed by atoms with van der Waals surface area (Å²) in [5.74, 6) is 1.82. The molecule has 0 aromatic heterocycles. The Morgan fingerprint density at radius 2 is 2.11 bits per heavy atom. The predicted octanol–water partition coefficient (Wildman–Crippen LogP) is 1.57. The van der Waals surface area contributed by atoms with Gasteiger partial charge >= 0.3 is 5.97 Å². The summed E-state index contributed by atoms with van der Waals surface area (Å²) >= 11 is 7.26. The standard InChI is InChI=1S/C19H17ClN2O5S/c1-3-8-26-19(25)16-11(2)10-28-18-15(17(24)22(16)18)21-14(23)9-27-13-6-4-12(20)5-7-13/h1,4-7,15,18H,8-10H2,2H3,(H,21,23)/t15-,18-/m1/s1. The molecule has 7 nitrogen and oxygen atoms in total. The van der Waals surface area contributed by atoms with Crippen LogP contribution in [0, 0.1) is 12.3 Å². The number of nitrogens with one attached hydrogen (secondary N) is 1. The molecule has 0 aliphatic carbocycles. The first kappa shape index (κ1) is 20.1. The van der Waals surface area contributed by atoms with E-state index in [4.69, 9.17) is 27.5 Å². The first-order valence-electron chi connectivity index (χ1n) is 8.35. The van der Waals surface area contributed by atoms with Crippen LogP contribution in [-0.2, 0) is 19.1 Å². The minimum Gasteiger partial charge on any atom is -0.484 e. The highest BCUT2D eigenvalue weighted by Crippen LogP contribution is 2.40. The molecule has 1 aromatic carbocycles. The lowest BCUT2D eigenvalue weighted by molar-refractivity contribution is -0.152. The van der Waals surface area contributed by atoms with Gasteiger partial charge in [-0.25, -0.2) is 4.79 Å². The summed E-state index contributed by atoms with van der Waals surface area (Å²) < 4.78 is 10.3. The highest BCUT2D eigenvalue weighted by Gasteiger charge is 2.53. The predicted molar refractivity (Wildman–Crippen MR) is 104 cm³/mol. The van der Waals surface area contributed by atoms with Crippen LogP contribution in [-0.4, -0.2) is 53.1 Å². The van der Waals surface area contributed by atoms with Crippen LogP contribution < -0.4 is 10.1 Å². The number of benzene rings is 1. The summed E-state index contributed by atoms with van der Waals surface area (Å²) in [6.45, 7) is 1.35. The number of hydrogen-bond donors (Lipinski definition) is 1. The smallest absolute Gasteiger partial charge is 0.356 e. The molecule has 1 aromatic rings. The number of ether oxygens (including phenoxy) is 2. The molecular weight excluding hydrogens is 404 g/mol. The third-order valence-electron chi connectivity index (χ3n) is 4.14. The molecule has 9 heteroatoms. The Hall–Kier alpha value is -2.63. The molecule has 1 saturated heterocycles. The summed E-state index contributed by atoms with van der Waals surface area (Å²) in [7, 11) is 0. The number of esters is 1. The Kier molecular flexibility index (Phi) is 6.17. The van der Waals surface area contributed by atoms with Gasteiger partial charge in [-0.15, -0.1) is 18.2 Å². The van der Waals surface area contributed by atoms with Crippen molar-refractivity contribution in [3.63, 3.8) is 0 Å². The lowest BCUT2D eigenvalue weighted by Crippen LogP contribution is -2.70. The molecule has 1 N–H and O–H groups in total. The number of carbonyl (C=O) groups excluding carboxylic acids is 3. The molecule has 0 spiro atoms. The number of rotatable bonds is 6. The summed E-state index contributed by atoms with van der Waals surface area (Å²) in [5.41, 5.74) is 0.930. The number of β-lactam (4-membered cyclic amide) rings is 1. The van der Waals surface area contributed by atoms with Crippen LogP contribution in [0.4, 0.5) is 0 Å². The Balaban J connectivity index is 1.58. The minimum atomic E-state index is -0.727. The van der Waals surface area contributed by atoms with E-state index >= 15 is 0 Å². The van der Waals surface area contributed by atoms with Crippen molar-refractivity contribution in [2.24, 2.45) is 0 Å². The van der Waals surface area contributed by atoms with Crippen molar-refractivity contribution in [3.05, 3.63) is 40.6 Å². The van der Waals surface area contributed by atoms with E-state index in [1.165, 1.54) is 16.7 Å². The molecule has 2 amide bonds. The zero-order valence-corrected chi connectivity index (χ0v) is 16.5. The zero-order valence-electron chi connectivity index (χ0n) is 14.9. The fourth-order valence-corrected chi connectivity index (χ4v) is 4.25. The fourth-order valence-electron chi connectivity index (χ4n) is 2.83. The van der Waals surface area contributed by atoms with Gasteiger partial charge in [0.1, 0.15) is 22.9 Å². The van der Waals surface area contributed by atoms with E-state index in [1.54, 1.807) is 31.2 Å². The van der Waals surface area contributed by atoms with Crippen LogP contribution in [0.3, 0.4) is 0 Å². The van der Waals surface area contributed by atoms with Crippen molar-refractivity contribution in [2.45, 2.75) is 18.3 Å². The summed E-state index contributed by atoms with van der Waals surface area (Å²) in [5, 5.41) is 2.85. The Labute approximate surface area is 171 Å². The maximum absolute atomic E-state index is 12.5. The third-order valence-corrected chi connectivity index (χ3v) is 5.82. The molecule has 2 aliphatic rings. The maximum Gasteiger partial charge on any atom is 0.356 e. The van der Waals surface area contributed by atoms with Crippen molar-refractivity contribution in [3.8, 4) is 18.1 Å². The molecule has 146 valence electrons. The molecule has 28 heavy (non-hydrogen) atoms. The van der Waals surface area contributed by atoms with Crippen LogP contribution in [0.25, 0.3) is 0 Å². The third kappa shape index (κ3) is 4.11. The first-order valence-corrected chi connectivity index (χ1v) is 9.77. The quantitative estimate of drug-likeness (QED) is 0.427. The molecule has 0 unspecified atom stereocenters. The van der Waals surface area contributed by atoms with Gasteiger partial charge in [-0.1, -0.05) is 17.5 Å². The lowest BCUT2D eigenvalue weighted by atomic mass is 10.0. The van der Waals surface area contributed by atoms with Gasteiger partial charge in [-0.2, -0.15) is 0 Å². The molecule has 2 atom stereocenters. The second-order valence-electron chi connectivity index (χ2n) is 6.11. The number of carbonyl (C=O) groups is 3. The van der Waals surface area contributed by atoms with Gasteiger partial charge in [-0.3, -0.25) is 14.5 Å². The molecule has 0 saturated carbocycles. The Morgan fingerprint density at radius 3 is 2.79 bits per heavy atom. The summed E-state index contributed by atoms with van der Waals surface area (Å²) in [4.78, 5) is 38.3. The summed E-state index contributed by atoms with van der Waals surface area (Å²) in [6, 6.07) is 5.86. The summed E-state index contributed by atoms with van der Waals surface area (Å²) in [6.07, 6.45) is 5.11. The van der Waals surface area contributed by atoms with E-state index in [0.29, 0.717) is 16.5 Å². The average molecular weight is 421 g/mol. The minimum absolute atomic E-state index is 0.169. The van der Waals surface area contributed by atoms with E-state index in [9.17, 15) is 14.4 Å². The van der Waals surface area contributed by atoms with Crippen LogP contribution in [0.15, 0.2) is 35.5 Å². The molecular formula is C19H17ClN2O5S. The molecule has 2 aliphatic heterocycles. The maximum atomic E-state index is 12.5. The number of terminal acetylenes is 1. The zero-order chi connectivity index (χ0) is 20.3. The first-order chi connectivity index (χ1) is 13.4. The molecule has 0 bridgehead atoms. The van der Waals surface area contributed by atoms with Crippen LogP contribution >= 0.6 is 23.4 Å². The number of fused-ring (bicyclic) bond motifs is 1. The molecule has 1 fully saturated rings. The van der Waals surface area contributed by atoms with E-state index in [1.807, 2.05) is 0 Å². The van der Waals surface area contributed by atoms with Crippen LogP contribution in [0.2, 0.25) is 5.02 Å². The molecule has 0 radical (unpaired) electrons. The molecule has 3 rings (SSSR count). The lowest BCUT2D eigenvalue weighted by Gasteiger charge is -2.49. The largest absolute Gasteiger partial charge is 0.484 e. The Bertz CT molecular complexity index is 877. The van der Waals surface area contributed by atoms with Crippen molar-refractivity contribution in [1.29, 1.82) is 0 Å². The van der Waals surface area contributed by atoms with Crippen molar-refractivity contribution >= 4 is 41.1 Å². The van der Waals surface area contributed by atoms with Crippen LogP contribution in [0.5, 0.6) is 5.75 Å². The van der Waals surface area contributed by atoms with E-state index in [-0.39, 0.29) is 30.2 Å². The van der Waals surface area contributed by atoms with E-state index < -0.39 is 17.9 Å². The average Bonchev–Trinajstić information content (AvgIpc) is 2.69. The van der Waals surface area contributed by atoms with E-state index in [0.717, 1.165) is 5.57 Å². The van der Waals surface area contributed by atoms with Gasteiger partial charge in [0.05, 0.1) is 0 Å². The second-order valence-corrected chi connectivity index (χ2v) is 7.65. The van der Waals surface area contributed by atoms with Crippen molar-refractivity contribution in [1.82, 2.24) is 10.2 Å². The number of thioether (sulfide) groups is 1. The number of amides is 2. The van der Waals surface area contributed by atoms with Gasteiger partial charge in [0.25, 0.3) is 11.8 Å². The van der Waals surface area contributed by atoms with Crippen molar-refractivity contribution in [2.75, 3.05) is 19.0 Å². The van der Waals surface area contributed by atoms with Gasteiger partial charge in [0, 0.05) is 10.8 Å². The normalized spacial score (nSPS) is 20.6. The number of nitrogens with zero attached hydrogens (tertiary/aromatic N) is 1. The molecule has 2 heterocycles. The van der Waals surface area contributed by atoms with Gasteiger partial charge in [0.2, 0.25) is 0 Å². The van der Waals surface area contributed by atoms with Gasteiger partial charge < -0.3 is 14.8 Å². The number of halogens is 1. The van der Waals surface area contributed by atoms with Crippen LogP contribution in [0.1, 0.15) is 6.92 Å².